The summed E-state index contributed by atoms with van der Waals surface area (Å²) in [7, 11) is 0. The summed E-state index contributed by atoms with van der Waals surface area (Å²) in [6.07, 6.45) is 1.84. The summed E-state index contributed by atoms with van der Waals surface area (Å²) in [6.45, 7) is 6.23. The molecule has 1 fully saturated rings. The average Bonchev–Trinajstić information content (AvgIpc) is 3.40. The molecule has 1 aromatic heterocycles. The molecule has 138 valence electrons. The van der Waals surface area contributed by atoms with Crippen LogP contribution in [0.4, 0.5) is 5.00 Å². The number of nitrogens with one attached hydrogen (secondary N) is 1. The second-order valence-corrected chi connectivity index (χ2v) is 7.78. The molecule has 1 amide bonds. The monoisotopic (exact) mass is 373 g/mol. The third-order valence-corrected chi connectivity index (χ3v) is 5.47. The van der Waals surface area contributed by atoms with E-state index in [4.69, 9.17) is 9.47 Å². The van der Waals surface area contributed by atoms with Crippen molar-refractivity contribution in [1.29, 1.82) is 0 Å². The minimum absolute atomic E-state index is 0.0110. The number of amides is 1. The maximum atomic E-state index is 12.5. The molecule has 1 aromatic carbocycles. The Kier molecular flexibility index (Phi) is 5.61. The van der Waals surface area contributed by atoms with Crippen molar-refractivity contribution in [3.63, 3.8) is 0 Å². The summed E-state index contributed by atoms with van der Waals surface area (Å²) in [5, 5.41) is 3.47. The van der Waals surface area contributed by atoms with Crippen molar-refractivity contribution in [2.24, 2.45) is 5.92 Å². The highest BCUT2D eigenvalue weighted by Crippen LogP contribution is 2.36. The summed E-state index contributed by atoms with van der Waals surface area (Å²) in [6, 6.07) is 7.71. The van der Waals surface area contributed by atoms with Crippen molar-refractivity contribution in [2.45, 2.75) is 33.6 Å². The highest BCUT2D eigenvalue weighted by molar-refractivity contribution is 7.16. The van der Waals surface area contributed by atoms with Crippen LogP contribution in [0, 0.1) is 26.7 Å². The number of hydrogen-bond donors (Lipinski definition) is 1. The fraction of sp³-hybridized carbons (Fsp3) is 0.400. The lowest BCUT2D eigenvalue weighted by Crippen LogP contribution is -2.17. The third-order valence-electron chi connectivity index (χ3n) is 4.35. The van der Waals surface area contributed by atoms with Gasteiger partial charge in [-0.1, -0.05) is 12.1 Å². The molecule has 1 aliphatic rings. The molecule has 26 heavy (non-hydrogen) atoms. The van der Waals surface area contributed by atoms with Crippen molar-refractivity contribution >= 4 is 28.2 Å². The Hall–Kier alpha value is -2.34. The average molecular weight is 373 g/mol. The Labute approximate surface area is 157 Å². The van der Waals surface area contributed by atoms with Gasteiger partial charge >= 0.3 is 5.97 Å². The quantitative estimate of drug-likeness (QED) is 0.582. The lowest BCUT2D eigenvalue weighted by molar-refractivity contribution is -0.117. The van der Waals surface area contributed by atoms with Gasteiger partial charge in [0.1, 0.15) is 24.0 Å². The molecule has 3 rings (SSSR count). The number of benzene rings is 1. The van der Waals surface area contributed by atoms with Gasteiger partial charge in [0.05, 0.1) is 5.56 Å². The lowest BCUT2D eigenvalue weighted by atomic mass is 10.1. The molecule has 0 bridgehead atoms. The van der Waals surface area contributed by atoms with Crippen LogP contribution in [0.3, 0.4) is 0 Å². The van der Waals surface area contributed by atoms with Gasteiger partial charge in [-0.15, -0.1) is 11.3 Å². The third kappa shape index (κ3) is 4.43. The first-order valence-electron chi connectivity index (χ1n) is 8.73. The van der Waals surface area contributed by atoms with Crippen LogP contribution < -0.4 is 10.1 Å². The van der Waals surface area contributed by atoms with Crippen LogP contribution in [-0.4, -0.2) is 25.1 Å². The minimum Gasteiger partial charge on any atom is -0.490 e. The zero-order valence-corrected chi connectivity index (χ0v) is 16.1. The van der Waals surface area contributed by atoms with Crippen molar-refractivity contribution in [1.82, 2.24) is 0 Å². The first-order valence-corrected chi connectivity index (χ1v) is 9.55. The van der Waals surface area contributed by atoms with Crippen LogP contribution in [0.5, 0.6) is 5.75 Å². The van der Waals surface area contributed by atoms with Gasteiger partial charge < -0.3 is 14.8 Å². The Morgan fingerprint density at radius 3 is 2.65 bits per heavy atom. The molecule has 2 aromatic rings. The molecule has 0 spiro atoms. The van der Waals surface area contributed by atoms with Gasteiger partial charge in [0, 0.05) is 10.8 Å². The van der Waals surface area contributed by atoms with E-state index >= 15 is 0 Å². The minimum atomic E-state index is -0.425. The molecule has 0 atom stereocenters. The van der Waals surface area contributed by atoms with E-state index in [9.17, 15) is 9.59 Å². The standard InChI is InChI=1S/C20H23NO4S/c1-12-5-4-6-16(11-12)24-9-10-25-20(23)17-13(2)14(3)26-19(17)21-18(22)15-7-8-15/h4-6,11,15H,7-10H2,1-3H3,(H,21,22). The zero-order valence-electron chi connectivity index (χ0n) is 15.3. The van der Waals surface area contributed by atoms with Gasteiger partial charge in [0.25, 0.3) is 0 Å². The Morgan fingerprint density at radius 2 is 1.96 bits per heavy atom. The van der Waals surface area contributed by atoms with Crippen molar-refractivity contribution in [3.8, 4) is 5.75 Å². The van der Waals surface area contributed by atoms with Crippen molar-refractivity contribution in [3.05, 3.63) is 45.8 Å². The predicted molar refractivity (Wildman–Crippen MR) is 102 cm³/mol. The number of hydrogen-bond acceptors (Lipinski definition) is 5. The maximum Gasteiger partial charge on any atom is 0.341 e. The number of anilines is 1. The Bertz CT molecular complexity index is 823. The smallest absolute Gasteiger partial charge is 0.341 e. The van der Waals surface area contributed by atoms with Gasteiger partial charge in [-0.3, -0.25) is 4.79 Å². The molecule has 0 saturated heterocycles. The first kappa shape index (κ1) is 18.5. The Balaban J connectivity index is 1.57. The van der Waals surface area contributed by atoms with Gasteiger partial charge in [-0.25, -0.2) is 4.79 Å². The van der Waals surface area contributed by atoms with E-state index in [1.165, 1.54) is 11.3 Å². The van der Waals surface area contributed by atoms with Crippen molar-refractivity contribution < 1.29 is 19.1 Å². The van der Waals surface area contributed by atoms with E-state index < -0.39 is 5.97 Å². The van der Waals surface area contributed by atoms with Gasteiger partial charge in [0.2, 0.25) is 5.91 Å². The van der Waals surface area contributed by atoms with Crippen molar-refractivity contribution in [2.75, 3.05) is 18.5 Å². The fourth-order valence-electron chi connectivity index (χ4n) is 2.59. The summed E-state index contributed by atoms with van der Waals surface area (Å²) in [5.41, 5.74) is 2.42. The number of thiophene rings is 1. The molecule has 1 saturated carbocycles. The second kappa shape index (κ2) is 7.91. The van der Waals surface area contributed by atoms with Crippen LogP contribution in [0.1, 0.15) is 39.2 Å². The normalized spacial score (nSPS) is 13.3. The van der Waals surface area contributed by atoms with Gasteiger partial charge in [-0.2, -0.15) is 0 Å². The number of rotatable bonds is 7. The number of esters is 1. The number of ether oxygens (including phenoxy) is 2. The molecular weight excluding hydrogens is 350 g/mol. The summed E-state index contributed by atoms with van der Waals surface area (Å²) in [5.74, 6) is 0.402. The SMILES string of the molecule is Cc1cccc(OCCOC(=O)c2c(NC(=O)C3CC3)sc(C)c2C)c1. The van der Waals surface area contributed by atoms with Crippen LogP contribution >= 0.6 is 11.3 Å². The first-order chi connectivity index (χ1) is 12.5. The summed E-state index contributed by atoms with van der Waals surface area (Å²) in [4.78, 5) is 25.5. The molecule has 1 N–H and O–H groups in total. The largest absolute Gasteiger partial charge is 0.490 e. The van der Waals surface area contributed by atoms with E-state index in [0.29, 0.717) is 10.6 Å². The van der Waals surface area contributed by atoms with E-state index in [2.05, 4.69) is 5.32 Å². The van der Waals surface area contributed by atoms with Crippen LogP contribution in [-0.2, 0) is 9.53 Å². The molecule has 5 nitrogen and oxygen atoms in total. The molecule has 1 aliphatic carbocycles. The van der Waals surface area contributed by atoms with Crippen LogP contribution in [0.2, 0.25) is 0 Å². The van der Waals surface area contributed by atoms with E-state index in [0.717, 1.165) is 34.6 Å². The molecule has 0 radical (unpaired) electrons. The summed E-state index contributed by atoms with van der Waals surface area (Å²) >= 11 is 1.42. The number of aryl methyl sites for hydroxylation is 2. The van der Waals surface area contributed by atoms with Crippen LogP contribution in [0.15, 0.2) is 24.3 Å². The van der Waals surface area contributed by atoms with E-state index in [1.807, 2.05) is 45.0 Å². The van der Waals surface area contributed by atoms with Crippen LogP contribution in [0.25, 0.3) is 0 Å². The zero-order chi connectivity index (χ0) is 18.7. The lowest BCUT2D eigenvalue weighted by Gasteiger charge is -2.09. The van der Waals surface area contributed by atoms with Gasteiger partial charge in [-0.05, 0) is 56.9 Å². The highest BCUT2D eigenvalue weighted by Gasteiger charge is 2.31. The highest BCUT2D eigenvalue weighted by atomic mass is 32.1. The van der Waals surface area contributed by atoms with E-state index in [1.54, 1.807) is 0 Å². The number of carbonyl (C=O) groups excluding carboxylic acids is 2. The topological polar surface area (TPSA) is 64.6 Å². The molecule has 0 aliphatic heterocycles. The second-order valence-electron chi connectivity index (χ2n) is 6.55. The molecule has 1 heterocycles. The van der Waals surface area contributed by atoms with Gasteiger partial charge in [0.15, 0.2) is 0 Å². The molecule has 0 unspecified atom stereocenters. The molecular formula is C20H23NO4S. The summed E-state index contributed by atoms with van der Waals surface area (Å²) < 4.78 is 11.0. The maximum absolute atomic E-state index is 12.5. The Morgan fingerprint density at radius 1 is 1.19 bits per heavy atom. The predicted octanol–water partition coefficient (Wildman–Crippen LogP) is 4.26. The van der Waals surface area contributed by atoms with E-state index in [-0.39, 0.29) is 25.0 Å². The molecule has 6 heteroatoms. The fourth-order valence-corrected chi connectivity index (χ4v) is 3.64. The number of carbonyl (C=O) groups is 2.